The number of ketones is 1. The van der Waals surface area contributed by atoms with Gasteiger partial charge in [-0.1, -0.05) is 36.5 Å². The SMILES string of the molecule is C=CCOC(=O)c1sc(N2C(=O)C3=C(C(=O)C4CCCCC4O3)C2c2cccs2)nc1C. The summed E-state index contributed by atoms with van der Waals surface area (Å²) in [6, 6.07) is 3.20. The lowest BCUT2D eigenvalue weighted by Crippen LogP contribution is -2.39. The summed E-state index contributed by atoms with van der Waals surface area (Å²) in [4.78, 5) is 46.7. The predicted octanol–water partition coefficient (Wildman–Crippen LogP) is 4.36. The molecule has 1 fully saturated rings. The minimum absolute atomic E-state index is 0.00379. The van der Waals surface area contributed by atoms with Crippen molar-refractivity contribution in [3.05, 3.63) is 56.9 Å². The van der Waals surface area contributed by atoms with E-state index in [9.17, 15) is 14.4 Å². The van der Waals surface area contributed by atoms with Gasteiger partial charge in [0.25, 0.3) is 5.91 Å². The van der Waals surface area contributed by atoms with Gasteiger partial charge in [-0.2, -0.15) is 0 Å². The number of fused-ring (bicyclic) bond motifs is 1. The van der Waals surface area contributed by atoms with Crippen LogP contribution in [0, 0.1) is 12.8 Å². The number of esters is 1. The van der Waals surface area contributed by atoms with Crippen molar-refractivity contribution < 1.29 is 23.9 Å². The van der Waals surface area contributed by atoms with Crippen molar-refractivity contribution in [2.45, 2.75) is 44.8 Å². The first-order valence-corrected chi connectivity index (χ1v) is 12.3. The van der Waals surface area contributed by atoms with Gasteiger partial charge >= 0.3 is 5.97 Å². The molecule has 1 saturated carbocycles. The van der Waals surface area contributed by atoms with Crippen molar-refractivity contribution in [1.82, 2.24) is 4.98 Å². The zero-order valence-electron chi connectivity index (χ0n) is 17.5. The van der Waals surface area contributed by atoms with E-state index in [0.29, 0.717) is 21.3 Å². The number of ether oxygens (including phenoxy) is 2. The number of nitrogens with zero attached hydrogens (tertiary/aromatic N) is 2. The van der Waals surface area contributed by atoms with Crippen LogP contribution in [-0.4, -0.2) is 35.4 Å². The number of rotatable bonds is 5. The second-order valence-electron chi connectivity index (χ2n) is 8.05. The van der Waals surface area contributed by atoms with Gasteiger partial charge in [0.2, 0.25) is 0 Å². The fourth-order valence-corrected chi connectivity index (χ4v) is 6.44. The third-order valence-electron chi connectivity index (χ3n) is 6.09. The number of carbonyl (C=O) groups is 3. The molecule has 0 N–H and O–H groups in total. The second-order valence-corrected chi connectivity index (χ2v) is 10.0. The van der Waals surface area contributed by atoms with Crippen molar-refractivity contribution in [2.75, 3.05) is 11.5 Å². The molecule has 0 radical (unpaired) electrons. The number of aromatic nitrogens is 1. The van der Waals surface area contributed by atoms with Crippen LogP contribution in [0.4, 0.5) is 5.13 Å². The monoisotopic (exact) mass is 470 g/mol. The van der Waals surface area contributed by atoms with Crippen molar-refractivity contribution in [2.24, 2.45) is 5.92 Å². The Hall–Kier alpha value is -2.78. The van der Waals surface area contributed by atoms with Crippen molar-refractivity contribution in [3.63, 3.8) is 0 Å². The fraction of sp³-hybridized carbons (Fsp3) is 0.391. The molecule has 0 spiro atoms. The van der Waals surface area contributed by atoms with Crippen LogP contribution in [-0.2, 0) is 19.1 Å². The van der Waals surface area contributed by atoms with Gasteiger partial charge in [0.15, 0.2) is 16.7 Å². The molecule has 0 bridgehead atoms. The number of thiophene rings is 1. The van der Waals surface area contributed by atoms with Crippen molar-refractivity contribution in [1.29, 1.82) is 0 Å². The van der Waals surface area contributed by atoms with Crippen LogP contribution in [0.5, 0.6) is 0 Å². The van der Waals surface area contributed by atoms with Gasteiger partial charge in [0, 0.05) is 4.88 Å². The van der Waals surface area contributed by atoms with E-state index in [4.69, 9.17) is 9.47 Å². The Bertz CT molecular complexity index is 1130. The molecule has 7 nitrogen and oxygen atoms in total. The molecular weight excluding hydrogens is 448 g/mol. The van der Waals surface area contributed by atoms with E-state index in [1.165, 1.54) is 22.3 Å². The Kier molecular flexibility index (Phi) is 5.46. The first-order valence-electron chi connectivity index (χ1n) is 10.6. The van der Waals surface area contributed by atoms with E-state index in [1.54, 1.807) is 6.92 Å². The Labute approximate surface area is 193 Å². The Morgan fingerprint density at radius 2 is 2.19 bits per heavy atom. The molecule has 5 rings (SSSR count). The zero-order chi connectivity index (χ0) is 22.4. The van der Waals surface area contributed by atoms with Crippen LogP contribution in [0.3, 0.4) is 0 Å². The number of hydrogen-bond acceptors (Lipinski definition) is 8. The van der Waals surface area contributed by atoms with Gasteiger partial charge in [0.05, 0.1) is 17.2 Å². The average Bonchev–Trinajstić information content (AvgIpc) is 3.51. The highest BCUT2D eigenvalue weighted by molar-refractivity contribution is 7.17. The third-order valence-corrected chi connectivity index (χ3v) is 8.15. The largest absolute Gasteiger partial charge is 0.483 e. The molecule has 32 heavy (non-hydrogen) atoms. The summed E-state index contributed by atoms with van der Waals surface area (Å²) >= 11 is 2.56. The van der Waals surface area contributed by atoms with E-state index >= 15 is 0 Å². The van der Waals surface area contributed by atoms with Crippen LogP contribution in [0.2, 0.25) is 0 Å². The van der Waals surface area contributed by atoms with Crippen molar-refractivity contribution in [3.8, 4) is 0 Å². The molecule has 1 aliphatic carbocycles. The molecule has 3 aliphatic rings. The number of thiazole rings is 1. The molecular formula is C23H22N2O5S2. The smallest absolute Gasteiger partial charge is 0.350 e. The van der Waals surface area contributed by atoms with E-state index in [-0.39, 0.29) is 36.1 Å². The van der Waals surface area contributed by atoms with Gasteiger partial charge < -0.3 is 9.47 Å². The van der Waals surface area contributed by atoms with Crippen LogP contribution >= 0.6 is 22.7 Å². The lowest BCUT2D eigenvalue weighted by atomic mass is 9.78. The lowest BCUT2D eigenvalue weighted by Gasteiger charge is -2.35. The summed E-state index contributed by atoms with van der Waals surface area (Å²) in [5.41, 5.74) is 0.895. The van der Waals surface area contributed by atoms with Gasteiger partial charge in [-0.05, 0) is 37.6 Å². The number of anilines is 1. The van der Waals surface area contributed by atoms with E-state index in [1.807, 2.05) is 17.5 Å². The molecule has 3 unspecified atom stereocenters. The Morgan fingerprint density at radius 1 is 1.38 bits per heavy atom. The summed E-state index contributed by atoms with van der Waals surface area (Å²) in [7, 11) is 0. The van der Waals surface area contributed by atoms with Crippen LogP contribution in [0.1, 0.15) is 52.0 Å². The molecule has 2 aromatic heterocycles. The maximum Gasteiger partial charge on any atom is 0.350 e. The summed E-state index contributed by atoms with van der Waals surface area (Å²) in [5.74, 6) is -0.957. The summed E-state index contributed by atoms with van der Waals surface area (Å²) < 4.78 is 11.3. The molecule has 9 heteroatoms. The predicted molar refractivity (Wildman–Crippen MR) is 121 cm³/mol. The van der Waals surface area contributed by atoms with Gasteiger partial charge in [-0.15, -0.1) is 11.3 Å². The topological polar surface area (TPSA) is 85.8 Å². The number of hydrogen-bond donors (Lipinski definition) is 0. The summed E-state index contributed by atoms with van der Waals surface area (Å²) in [6.45, 7) is 5.35. The second kappa shape index (κ2) is 8.29. The van der Waals surface area contributed by atoms with Gasteiger partial charge in [-0.3, -0.25) is 14.5 Å². The molecule has 1 amide bonds. The minimum Gasteiger partial charge on any atom is -0.483 e. The van der Waals surface area contributed by atoms with E-state index < -0.39 is 12.0 Å². The third kappa shape index (κ3) is 3.31. The lowest BCUT2D eigenvalue weighted by molar-refractivity contribution is -0.131. The molecule has 2 aromatic rings. The van der Waals surface area contributed by atoms with Crippen molar-refractivity contribution >= 4 is 45.5 Å². The number of carbonyl (C=O) groups excluding carboxylic acids is 3. The quantitative estimate of drug-likeness (QED) is 0.477. The summed E-state index contributed by atoms with van der Waals surface area (Å²) in [6.07, 6.45) is 4.78. The maximum absolute atomic E-state index is 13.6. The van der Waals surface area contributed by atoms with Crippen LogP contribution < -0.4 is 4.90 Å². The molecule has 0 saturated heterocycles. The number of amides is 1. The number of aryl methyl sites for hydroxylation is 1. The summed E-state index contributed by atoms with van der Waals surface area (Å²) in [5, 5.41) is 2.27. The molecule has 0 aromatic carbocycles. The zero-order valence-corrected chi connectivity index (χ0v) is 19.2. The standard InChI is InChI=1S/C23H22N2O5S2/c1-3-10-29-22(28)20-12(2)24-23(32-20)25-17(15-9-6-11-31-15)16-18(26)13-7-4-5-8-14(13)30-19(16)21(25)27/h3,6,9,11,13-14,17H,1,4-5,7-8,10H2,2H3. The van der Waals surface area contributed by atoms with E-state index in [0.717, 1.165) is 41.9 Å². The normalized spacial score (nSPS) is 24.8. The van der Waals surface area contributed by atoms with E-state index in [2.05, 4.69) is 11.6 Å². The van der Waals surface area contributed by atoms with Crippen LogP contribution in [0.25, 0.3) is 0 Å². The van der Waals surface area contributed by atoms with Gasteiger partial charge in [0.1, 0.15) is 23.6 Å². The van der Waals surface area contributed by atoms with Gasteiger partial charge in [-0.25, -0.2) is 9.78 Å². The van der Waals surface area contributed by atoms with Crippen LogP contribution in [0.15, 0.2) is 41.5 Å². The molecule has 3 atom stereocenters. The first-order chi connectivity index (χ1) is 15.5. The highest BCUT2D eigenvalue weighted by Crippen LogP contribution is 2.49. The Morgan fingerprint density at radius 3 is 2.94 bits per heavy atom. The highest BCUT2D eigenvalue weighted by Gasteiger charge is 2.53. The minimum atomic E-state index is -0.601. The number of Topliss-reactive ketones (excluding diaryl/α,β-unsaturated/α-hetero) is 1. The molecule has 166 valence electrons. The first kappa shape index (κ1) is 21.1. The fourth-order valence-electron chi connectivity index (χ4n) is 4.63. The average molecular weight is 471 g/mol. The maximum atomic E-state index is 13.6. The molecule has 2 aliphatic heterocycles. The Balaban J connectivity index is 1.57. The highest BCUT2D eigenvalue weighted by atomic mass is 32.1. The molecule has 4 heterocycles.